The van der Waals surface area contributed by atoms with Gasteiger partial charge in [-0.1, -0.05) is 5.16 Å². The van der Waals surface area contributed by atoms with Gasteiger partial charge < -0.3 is 14.2 Å². The summed E-state index contributed by atoms with van der Waals surface area (Å²) in [6.07, 6.45) is -0.544. The van der Waals surface area contributed by atoms with Gasteiger partial charge in [-0.15, -0.1) is 0 Å². The van der Waals surface area contributed by atoms with Crippen molar-refractivity contribution in [2.75, 3.05) is 11.4 Å². The highest BCUT2D eigenvalue weighted by atomic mass is 16.5. The number of carbonyl (C=O) groups excluding carboxylic acids is 3. The molecule has 1 spiro atoms. The maximum Gasteiger partial charge on any atom is 0.242 e. The summed E-state index contributed by atoms with van der Waals surface area (Å²) in [6.45, 7) is 6.11. The first-order chi connectivity index (χ1) is 14.3. The van der Waals surface area contributed by atoms with Crippen LogP contribution in [0.1, 0.15) is 31.7 Å². The SMILES string of the molecule is Cc1nc(-c2ccc3c(c2)C[C@@]2(C(=O)CC(=O)NC2=O)[C@H]2[C@H](C)O[C@H](C)CN32)no1. The fraction of sp³-hybridized carbons (Fsp3) is 0.476. The molecule has 2 saturated heterocycles. The summed E-state index contributed by atoms with van der Waals surface area (Å²) in [5, 5.41) is 6.37. The standard InChI is InChI=1S/C21H22N4O5/c1-10-9-25-15-5-4-13(19-22-12(3)30-24-19)6-14(15)8-21(18(25)11(2)29-10)16(26)7-17(27)23-20(21)28/h4-6,10-11,18H,7-9H2,1-3H3,(H,23,27,28)/t10-,11+,18-,21-/m1/s1. The van der Waals surface area contributed by atoms with Crippen LogP contribution in [0.5, 0.6) is 0 Å². The number of aromatic nitrogens is 2. The highest BCUT2D eigenvalue weighted by Crippen LogP contribution is 2.48. The molecule has 4 atom stereocenters. The Hall–Kier alpha value is -3.07. The third-order valence-electron chi connectivity index (χ3n) is 6.31. The molecule has 1 aromatic heterocycles. The topological polar surface area (TPSA) is 115 Å². The molecule has 0 radical (unpaired) electrons. The van der Waals surface area contributed by atoms with E-state index < -0.39 is 23.3 Å². The molecule has 1 N–H and O–H groups in total. The van der Waals surface area contributed by atoms with Crippen molar-refractivity contribution in [3.05, 3.63) is 29.7 Å². The molecule has 0 unspecified atom stereocenters. The van der Waals surface area contributed by atoms with Crippen molar-refractivity contribution < 1.29 is 23.6 Å². The third kappa shape index (κ3) is 2.61. The first-order valence-corrected chi connectivity index (χ1v) is 10.0. The number of rotatable bonds is 1. The van der Waals surface area contributed by atoms with Gasteiger partial charge in [-0.05, 0) is 44.0 Å². The van der Waals surface area contributed by atoms with Gasteiger partial charge in [-0.2, -0.15) is 4.98 Å². The molecule has 156 valence electrons. The maximum absolute atomic E-state index is 13.2. The summed E-state index contributed by atoms with van der Waals surface area (Å²) < 4.78 is 11.1. The number of nitrogens with one attached hydrogen (secondary N) is 1. The minimum atomic E-state index is -1.38. The molecule has 4 heterocycles. The number of anilines is 1. The molecule has 0 bridgehead atoms. The van der Waals surface area contributed by atoms with Crippen LogP contribution in [0.2, 0.25) is 0 Å². The average Bonchev–Trinajstić information content (AvgIpc) is 3.11. The third-order valence-corrected chi connectivity index (χ3v) is 6.31. The molecule has 30 heavy (non-hydrogen) atoms. The normalized spacial score (nSPS) is 30.8. The lowest BCUT2D eigenvalue weighted by Crippen LogP contribution is -2.72. The average molecular weight is 410 g/mol. The first kappa shape index (κ1) is 18.9. The number of ketones is 1. The van der Waals surface area contributed by atoms with E-state index in [2.05, 4.69) is 20.4 Å². The van der Waals surface area contributed by atoms with E-state index in [1.807, 2.05) is 32.0 Å². The Bertz CT molecular complexity index is 1060. The Morgan fingerprint density at radius 1 is 1.23 bits per heavy atom. The summed E-state index contributed by atoms with van der Waals surface area (Å²) in [5.74, 6) is -0.556. The summed E-state index contributed by atoms with van der Waals surface area (Å²) in [4.78, 5) is 44.6. The van der Waals surface area contributed by atoms with Crippen LogP contribution < -0.4 is 10.2 Å². The number of piperidine rings is 1. The highest BCUT2D eigenvalue weighted by molar-refractivity contribution is 6.22. The lowest BCUT2D eigenvalue weighted by atomic mass is 9.63. The van der Waals surface area contributed by atoms with E-state index in [4.69, 9.17) is 9.26 Å². The molecule has 2 amide bonds. The van der Waals surface area contributed by atoms with E-state index in [0.29, 0.717) is 18.3 Å². The van der Waals surface area contributed by atoms with E-state index in [1.54, 1.807) is 6.92 Å². The van der Waals surface area contributed by atoms with Crippen LogP contribution in [0.4, 0.5) is 5.69 Å². The second kappa shape index (κ2) is 6.46. The summed E-state index contributed by atoms with van der Waals surface area (Å²) in [6, 6.07) is 5.30. The van der Waals surface area contributed by atoms with Gasteiger partial charge in [0, 0.05) is 24.7 Å². The second-order valence-electron chi connectivity index (χ2n) is 8.35. The van der Waals surface area contributed by atoms with Gasteiger partial charge in [0.2, 0.25) is 23.5 Å². The highest BCUT2D eigenvalue weighted by Gasteiger charge is 2.62. The van der Waals surface area contributed by atoms with E-state index in [-0.39, 0.29) is 30.8 Å². The van der Waals surface area contributed by atoms with Gasteiger partial charge in [0.25, 0.3) is 0 Å². The van der Waals surface area contributed by atoms with E-state index in [0.717, 1.165) is 16.8 Å². The molecule has 0 saturated carbocycles. The van der Waals surface area contributed by atoms with Crippen molar-refractivity contribution >= 4 is 23.3 Å². The molecule has 9 nitrogen and oxygen atoms in total. The Morgan fingerprint density at radius 3 is 2.73 bits per heavy atom. The molecule has 5 rings (SSSR count). The van der Waals surface area contributed by atoms with Gasteiger partial charge in [0.05, 0.1) is 24.7 Å². The summed E-state index contributed by atoms with van der Waals surface area (Å²) in [7, 11) is 0. The molecular weight excluding hydrogens is 388 g/mol. The minimum Gasteiger partial charge on any atom is -0.372 e. The number of imide groups is 1. The number of hydrogen-bond acceptors (Lipinski definition) is 8. The monoisotopic (exact) mass is 410 g/mol. The van der Waals surface area contributed by atoms with E-state index in [1.165, 1.54) is 0 Å². The predicted molar refractivity (Wildman–Crippen MR) is 105 cm³/mol. The number of Topliss-reactive ketones (excluding diaryl/α,β-unsaturated/α-hetero) is 1. The van der Waals surface area contributed by atoms with Crippen molar-refractivity contribution in [1.29, 1.82) is 0 Å². The number of carbonyl (C=O) groups is 3. The Kier molecular flexibility index (Phi) is 4.08. The Labute approximate surface area is 172 Å². The molecule has 3 aliphatic rings. The van der Waals surface area contributed by atoms with Crippen LogP contribution >= 0.6 is 0 Å². The first-order valence-electron chi connectivity index (χ1n) is 10.0. The van der Waals surface area contributed by atoms with Crippen molar-refractivity contribution in [3.8, 4) is 11.4 Å². The van der Waals surface area contributed by atoms with E-state index >= 15 is 0 Å². The lowest BCUT2D eigenvalue weighted by Gasteiger charge is -2.55. The Balaban J connectivity index is 1.68. The fourth-order valence-electron chi connectivity index (χ4n) is 5.20. The van der Waals surface area contributed by atoms with Crippen LogP contribution in [0.3, 0.4) is 0 Å². The largest absolute Gasteiger partial charge is 0.372 e. The molecular formula is C21H22N4O5. The zero-order chi connectivity index (χ0) is 21.2. The van der Waals surface area contributed by atoms with Crippen molar-refractivity contribution in [3.63, 3.8) is 0 Å². The number of hydrogen-bond donors (Lipinski definition) is 1. The number of aryl methyl sites for hydroxylation is 1. The Morgan fingerprint density at radius 2 is 2.03 bits per heavy atom. The molecule has 2 aromatic rings. The van der Waals surface area contributed by atoms with Crippen LogP contribution in [0, 0.1) is 12.3 Å². The van der Waals surface area contributed by atoms with Crippen molar-refractivity contribution in [1.82, 2.24) is 15.5 Å². The zero-order valence-electron chi connectivity index (χ0n) is 17.0. The predicted octanol–water partition coefficient (Wildman–Crippen LogP) is 1.19. The van der Waals surface area contributed by atoms with Gasteiger partial charge in [0.15, 0.2) is 5.78 Å². The van der Waals surface area contributed by atoms with Gasteiger partial charge >= 0.3 is 0 Å². The smallest absolute Gasteiger partial charge is 0.242 e. The number of nitrogens with zero attached hydrogens (tertiary/aromatic N) is 3. The van der Waals surface area contributed by atoms with E-state index in [9.17, 15) is 14.4 Å². The van der Waals surface area contributed by atoms with Crippen LogP contribution in [0.25, 0.3) is 11.4 Å². The number of amides is 2. The lowest BCUT2D eigenvalue weighted by molar-refractivity contribution is -0.158. The minimum absolute atomic E-state index is 0.0674. The number of morpholine rings is 1. The van der Waals surface area contributed by atoms with Crippen LogP contribution in [0.15, 0.2) is 22.7 Å². The molecule has 0 aliphatic carbocycles. The molecule has 1 aromatic carbocycles. The van der Waals surface area contributed by atoms with Gasteiger partial charge in [-0.25, -0.2) is 0 Å². The number of benzene rings is 1. The molecule has 2 fully saturated rings. The second-order valence-corrected chi connectivity index (χ2v) is 8.35. The van der Waals surface area contributed by atoms with Crippen molar-refractivity contribution in [2.24, 2.45) is 5.41 Å². The van der Waals surface area contributed by atoms with Crippen LogP contribution in [-0.4, -0.2) is 52.5 Å². The molecule has 3 aliphatic heterocycles. The summed E-state index contributed by atoms with van der Waals surface area (Å²) in [5.41, 5.74) is 1.15. The van der Waals surface area contributed by atoms with Gasteiger partial charge in [-0.3, -0.25) is 19.7 Å². The number of fused-ring (bicyclic) bond motifs is 4. The number of ether oxygens (including phenoxy) is 1. The zero-order valence-corrected chi connectivity index (χ0v) is 17.0. The van der Waals surface area contributed by atoms with Gasteiger partial charge in [0.1, 0.15) is 5.41 Å². The fourth-order valence-corrected chi connectivity index (χ4v) is 5.20. The maximum atomic E-state index is 13.2. The quantitative estimate of drug-likeness (QED) is 0.551. The summed E-state index contributed by atoms with van der Waals surface area (Å²) >= 11 is 0. The van der Waals surface area contributed by atoms with Crippen LogP contribution in [-0.2, 0) is 25.5 Å². The molecule has 9 heteroatoms. The van der Waals surface area contributed by atoms with Crippen molar-refractivity contribution in [2.45, 2.75) is 51.9 Å².